The quantitative estimate of drug-likeness (QED) is 0.273. The van der Waals surface area contributed by atoms with Crippen molar-refractivity contribution in [3.8, 4) is 34.5 Å². The molecular formula is C31H24N4O3. The van der Waals surface area contributed by atoms with E-state index in [4.69, 9.17) is 24.3 Å². The van der Waals surface area contributed by atoms with Gasteiger partial charge in [-0.3, -0.25) is 0 Å². The number of fused-ring (bicyclic) bond motifs is 6. The van der Waals surface area contributed by atoms with Crippen LogP contribution in [0.3, 0.4) is 0 Å². The lowest BCUT2D eigenvalue weighted by Gasteiger charge is -2.29. The van der Waals surface area contributed by atoms with Gasteiger partial charge in [0.1, 0.15) is 12.1 Å². The van der Waals surface area contributed by atoms with Crippen molar-refractivity contribution < 1.29 is 14.2 Å². The highest BCUT2D eigenvalue weighted by molar-refractivity contribution is 5.91. The first kappa shape index (κ1) is 22.3. The molecule has 0 N–H and O–H groups in total. The lowest BCUT2D eigenvalue weighted by Crippen LogP contribution is -2.15. The zero-order valence-electron chi connectivity index (χ0n) is 21.2. The molecule has 0 spiro atoms. The third-order valence-electron chi connectivity index (χ3n) is 7.12. The van der Waals surface area contributed by atoms with E-state index in [0.29, 0.717) is 28.9 Å². The van der Waals surface area contributed by atoms with E-state index in [1.165, 1.54) is 0 Å². The van der Waals surface area contributed by atoms with Gasteiger partial charge in [0, 0.05) is 17.0 Å². The highest BCUT2D eigenvalue weighted by atomic mass is 16.5. The smallest absolute Gasteiger partial charge is 0.228 e. The number of aryl methyl sites for hydroxylation is 1. The first-order valence-corrected chi connectivity index (χ1v) is 12.4. The molecule has 1 atom stereocenters. The Labute approximate surface area is 219 Å². The normalized spacial score (nSPS) is 14.1. The summed E-state index contributed by atoms with van der Waals surface area (Å²) < 4.78 is 19.4. The molecule has 0 fully saturated rings. The molecule has 3 heterocycles. The molecule has 7 heteroatoms. The Morgan fingerprint density at radius 1 is 0.842 bits per heavy atom. The Kier molecular flexibility index (Phi) is 5.04. The summed E-state index contributed by atoms with van der Waals surface area (Å²) in [6.07, 6.45) is 1.66. The van der Waals surface area contributed by atoms with Crippen LogP contribution >= 0.6 is 0 Å². The van der Waals surface area contributed by atoms with Gasteiger partial charge in [-0.05, 0) is 47.5 Å². The minimum atomic E-state index is -0.231. The summed E-state index contributed by atoms with van der Waals surface area (Å²) in [7, 11) is 3.29. The molecule has 0 aliphatic carbocycles. The van der Waals surface area contributed by atoms with Crippen molar-refractivity contribution in [2.75, 3.05) is 14.2 Å². The van der Waals surface area contributed by atoms with Crippen molar-refractivity contribution in [3.63, 3.8) is 0 Å². The van der Waals surface area contributed by atoms with Crippen LogP contribution in [-0.2, 0) is 0 Å². The van der Waals surface area contributed by atoms with E-state index in [-0.39, 0.29) is 5.92 Å². The van der Waals surface area contributed by atoms with E-state index in [1.807, 2.05) is 36.4 Å². The molecule has 0 unspecified atom stereocenters. The summed E-state index contributed by atoms with van der Waals surface area (Å²) >= 11 is 0. The van der Waals surface area contributed by atoms with Crippen LogP contribution in [0.5, 0.6) is 23.1 Å². The number of hydrogen-bond donors (Lipinski definition) is 0. The number of aromatic nitrogens is 4. The summed E-state index contributed by atoms with van der Waals surface area (Å²) in [5.74, 6) is 3.02. The number of rotatable bonds is 4. The van der Waals surface area contributed by atoms with E-state index in [2.05, 4.69) is 54.4 Å². The van der Waals surface area contributed by atoms with Crippen molar-refractivity contribution in [3.05, 3.63) is 107 Å². The maximum atomic E-state index is 6.43. The van der Waals surface area contributed by atoms with Crippen molar-refractivity contribution >= 4 is 16.4 Å². The summed E-state index contributed by atoms with van der Waals surface area (Å²) in [4.78, 5) is 9.70. The standard InChI is InChI=1S/C31H24N4O3/c1-18-7-6-9-21(15-18)29-33-30-28-26(20-12-13-23(36-2)25(16-20)37-3)27-22-10-5-4-8-19(22)11-14-24(27)38-31(28)32-17-35(30)34-29/h4-17,26H,1-3H3/t26-/m0/s1. The van der Waals surface area contributed by atoms with E-state index in [0.717, 1.165) is 44.3 Å². The van der Waals surface area contributed by atoms with Gasteiger partial charge in [0.2, 0.25) is 5.88 Å². The third kappa shape index (κ3) is 3.39. The Hall–Kier alpha value is -4.91. The molecule has 1 aliphatic rings. The highest BCUT2D eigenvalue weighted by Crippen LogP contribution is 2.51. The van der Waals surface area contributed by atoms with E-state index in [9.17, 15) is 0 Å². The average molecular weight is 501 g/mol. The molecule has 4 aromatic carbocycles. The van der Waals surface area contributed by atoms with Gasteiger partial charge in [0.15, 0.2) is 23.0 Å². The maximum Gasteiger partial charge on any atom is 0.228 e. The lowest BCUT2D eigenvalue weighted by atomic mass is 9.81. The largest absolute Gasteiger partial charge is 0.493 e. The number of benzene rings is 4. The molecule has 186 valence electrons. The molecule has 2 aromatic heterocycles. The topological polar surface area (TPSA) is 70.8 Å². The Balaban J connectivity index is 1.54. The zero-order valence-corrected chi connectivity index (χ0v) is 21.2. The number of ether oxygens (including phenoxy) is 3. The van der Waals surface area contributed by atoms with Gasteiger partial charge >= 0.3 is 0 Å². The molecule has 7 nitrogen and oxygen atoms in total. The van der Waals surface area contributed by atoms with Gasteiger partial charge in [-0.2, -0.15) is 0 Å². The van der Waals surface area contributed by atoms with Gasteiger partial charge in [-0.15, -0.1) is 5.10 Å². The van der Waals surface area contributed by atoms with Crippen LogP contribution in [0.2, 0.25) is 0 Å². The minimum absolute atomic E-state index is 0.231. The first-order chi connectivity index (χ1) is 18.6. The van der Waals surface area contributed by atoms with Gasteiger partial charge in [-0.1, -0.05) is 60.2 Å². The predicted molar refractivity (Wildman–Crippen MR) is 145 cm³/mol. The van der Waals surface area contributed by atoms with E-state index in [1.54, 1.807) is 25.1 Å². The van der Waals surface area contributed by atoms with Crippen molar-refractivity contribution in [2.45, 2.75) is 12.8 Å². The van der Waals surface area contributed by atoms with Crippen LogP contribution in [0.25, 0.3) is 27.8 Å². The minimum Gasteiger partial charge on any atom is -0.493 e. The van der Waals surface area contributed by atoms with Crippen molar-refractivity contribution in [2.24, 2.45) is 0 Å². The maximum absolute atomic E-state index is 6.43. The van der Waals surface area contributed by atoms with Gasteiger partial charge in [-0.25, -0.2) is 14.5 Å². The predicted octanol–water partition coefficient (Wildman–Crippen LogP) is 6.56. The second-order valence-electron chi connectivity index (χ2n) is 9.38. The Bertz CT molecular complexity index is 1860. The van der Waals surface area contributed by atoms with Gasteiger partial charge < -0.3 is 14.2 Å². The number of methoxy groups -OCH3 is 2. The van der Waals surface area contributed by atoms with E-state index >= 15 is 0 Å². The van der Waals surface area contributed by atoms with Crippen LogP contribution in [0.4, 0.5) is 0 Å². The summed E-state index contributed by atoms with van der Waals surface area (Å²) in [6.45, 7) is 2.06. The van der Waals surface area contributed by atoms with Gasteiger partial charge in [0.05, 0.1) is 19.8 Å². The molecular weight excluding hydrogens is 476 g/mol. The van der Waals surface area contributed by atoms with Crippen LogP contribution in [-0.4, -0.2) is 33.8 Å². The molecule has 0 amide bonds. The third-order valence-corrected chi connectivity index (χ3v) is 7.12. The number of nitrogens with zero attached hydrogens (tertiary/aromatic N) is 4. The summed E-state index contributed by atoms with van der Waals surface area (Å²) in [5.41, 5.74) is 5.72. The SMILES string of the molecule is COc1ccc([C@H]2c3c(ccc4ccccc34)Oc3ncn4nc(-c5cccc(C)c5)nc4c32)cc1OC. The van der Waals surface area contributed by atoms with E-state index < -0.39 is 0 Å². The monoisotopic (exact) mass is 500 g/mol. The second kappa shape index (κ2) is 8.59. The van der Waals surface area contributed by atoms with Crippen LogP contribution in [0.1, 0.15) is 28.2 Å². The van der Waals surface area contributed by atoms with Crippen LogP contribution in [0, 0.1) is 6.92 Å². The Morgan fingerprint density at radius 2 is 1.71 bits per heavy atom. The molecule has 38 heavy (non-hydrogen) atoms. The van der Waals surface area contributed by atoms with Crippen molar-refractivity contribution in [1.29, 1.82) is 0 Å². The fourth-order valence-corrected chi connectivity index (χ4v) is 5.38. The molecule has 7 rings (SSSR count). The Morgan fingerprint density at radius 3 is 2.55 bits per heavy atom. The van der Waals surface area contributed by atoms with Gasteiger partial charge in [0.25, 0.3) is 0 Å². The zero-order chi connectivity index (χ0) is 25.8. The molecule has 0 saturated carbocycles. The molecule has 0 saturated heterocycles. The molecule has 6 aromatic rings. The highest BCUT2D eigenvalue weighted by Gasteiger charge is 2.35. The molecule has 0 radical (unpaired) electrons. The summed E-state index contributed by atoms with van der Waals surface area (Å²) in [5, 5.41) is 7.02. The lowest BCUT2D eigenvalue weighted by molar-refractivity contribution is 0.354. The van der Waals surface area contributed by atoms with Crippen LogP contribution < -0.4 is 14.2 Å². The molecule has 0 bridgehead atoms. The fourth-order valence-electron chi connectivity index (χ4n) is 5.38. The second-order valence-corrected chi connectivity index (χ2v) is 9.38. The van der Waals surface area contributed by atoms with Crippen molar-refractivity contribution in [1.82, 2.24) is 19.6 Å². The fraction of sp³-hybridized carbons (Fsp3) is 0.129. The summed E-state index contributed by atoms with van der Waals surface area (Å²) in [6, 6.07) is 26.6. The van der Waals surface area contributed by atoms with Crippen LogP contribution in [0.15, 0.2) is 85.2 Å². The molecule has 1 aliphatic heterocycles. The number of hydrogen-bond acceptors (Lipinski definition) is 6. The first-order valence-electron chi connectivity index (χ1n) is 12.4. The average Bonchev–Trinajstić information content (AvgIpc) is 3.40.